The van der Waals surface area contributed by atoms with Crippen LogP contribution in [0.5, 0.6) is 0 Å². The molecule has 3 heteroatoms. The second-order valence-electron chi connectivity index (χ2n) is 4.29. The van der Waals surface area contributed by atoms with Gasteiger partial charge in [0.1, 0.15) is 0 Å². The maximum absolute atomic E-state index is 11.6. The van der Waals surface area contributed by atoms with E-state index in [9.17, 15) is 8.42 Å². The molecule has 0 unspecified atom stereocenters. The molecule has 1 aromatic carbocycles. The summed E-state index contributed by atoms with van der Waals surface area (Å²) in [6.45, 7) is 0. The lowest BCUT2D eigenvalue weighted by Crippen LogP contribution is -2.04. The second-order valence-corrected chi connectivity index (χ2v) is 6.28. The van der Waals surface area contributed by atoms with Gasteiger partial charge in [0.05, 0.1) is 4.90 Å². The number of hydrogen-bond acceptors (Lipinski definition) is 2. The molecule has 2 nitrogen and oxygen atoms in total. The molecule has 0 aliphatic heterocycles. The molecule has 1 aromatic rings. The van der Waals surface area contributed by atoms with Crippen molar-refractivity contribution in [3.05, 3.63) is 29.8 Å². The first kappa shape index (κ1) is 10.7. The normalized spacial score (nSPS) is 18.2. The molecule has 2 rings (SSSR count). The first-order valence-corrected chi connectivity index (χ1v) is 7.27. The highest BCUT2D eigenvalue weighted by Gasteiger charge is 2.22. The molecule has 0 N–H and O–H groups in total. The van der Waals surface area contributed by atoms with Crippen molar-refractivity contribution in [2.45, 2.75) is 36.5 Å². The standard InChI is InChI=1S/C12H16O2S/c1-15(13,14)12-9-5-4-8-11(12)10-6-2-3-7-10/h4-5,8-10H,2-3,6-7H2,1H3. The topological polar surface area (TPSA) is 34.1 Å². The van der Waals surface area contributed by atoms with E-state index in [4.69, 9.17) is 0 Å². The molecule has 1 fully saturated rings. The maximum atomic E-state index is 11.6. The molecule has 0 spiro atoms. The van der Waals surface area contributed by atoms with Crippen LogP contribution >= 0.6 is 0 Å². The highest BCUT2D eigenvalue weighted by Crippen LogP contribution is 2.36. The smallest absolute Gasteiger partial charge is 0.175 e. The van der Waals surface area contributed by atoms with Crippen LogP contribution in [0.3, 0.4) is 0 Å². The first-order valence-electron chi connectivity index (χ1n) is 5.38. The van der Waals surface area contributed by atoms with Gasteiger partial charge in [0, 0.05) is 6.26 Å². The zero-order valence-corrected chi connectivity index (χ0v) is 9.76. The molecule has 82 valence electrons. The largest absolute Gasteiger partial charge is 0.224 e. The minimum Gasteiger partial charge on any atom is -0.224 e. The molecule has 1 aliphatic carbocycles. The van der Waals surface area contributed by atoms with E-state index >= 15 is 0 Å². The van der Waals surface area contributed by atoms with E-state index in [-0.39, 0.29) is 0 Å². The Balaban J connectivity index is 2.46. The molecular formula is C12H16O2S. The van der Waals surface area contributed by atoms with Gasteiger partial charge in [0.15, 0.2) is 9.84 Å². The summed E-state index contributed by atoms with van der Waals surface area (Å²) < 4.78 is 23.2. The molecule has 1 aliphatic rings. The van der Waals surface area contributed by atoms with Crippen molar-refractivity contribution in [2.24, 2.45) is 0 Å². The summed E-state index contributed by atoms with van der Waals surface area (Å²) in [6.07, 6.45) is 6.01. The van der Waals surface area contributed by atoms with E-state index < -0.39 is 9.84 Å². The quantitative estimate of drug-likeness (QED) is 0.774. The first-order chi connectivity index (χ1) is 7.09. The molecule has 0 aromatic heterocycles. The van der Waals surface area contributed by atoms with Crippen LogP contribution in [0.15, 0.2) is 29.2 Å². The molecular weight excluding hydrogens is 208 g/mol. The predicted molar refractivity (Wildman–Crippen MR) is 60.8 cm³/mol. The van der Waals surface area contributed by atoms with Crippen molar-refractivity contribution in [1.29, 1.82) is 0 Å². The lowest BCUT2D eigenvalue weighted by Gasteiger charge is -2.13. The van der Waals surface area contributed by atoms with Crippen LogP contribution in [-0.4, -0.2) is 14.7 Å². The van der Waals surface area contributed by atoms with Gasteiger partial charge in [-0.3, -0.25) is 0 Å². The van der Waals surface area contributed by atoms with Crippen molar-refractivity contribution >= 4 is 9.84 Å². The fraction of sp³-hybridized carbons (Fsp3) is 0.500. The molecule has 0 bridgehead atoms. The van der Waals surface area contributed by atoms with Crippen LogP contribution in [0.25, 0.3) is 0 Å². The summed E-state index contributed by atoms with van der Waals surface area (Å²) in [6, 6.07) is 7.42. The molecule has 15 heavy (non-hydrogen) atoms. The molecule has 0 saturated heterocycles. The van der Waals surface area contributed by atoms with E-state index in [1.54, 1.807) is 12.1 Å². The second kappa shape index (κ2) is 3.97. The van der Waals surface area contributed by atoms with Gasteiger partial charge >= 0.3 is 0 Å². The summed E-state index contributed by atoms with van der Waals surface area (Å²) in [5.41, 5.74) is 1.03. The van der Waals surface area contributed by atoms with Gasteiger partial charge in [-0.05, 0) is 30.4 Å². The van der Waals surface area contributed by atoms with Crippen molar-refractivity contribution < 1.29 is 8.42 Å². The van der Waals surface area contributed by atoms with E-state index in [1.807, 2.05) is 12.1 Å². The van der Waals surface area contributed by atoms with Crippen LogP contribution in [0, 0.1) is 0 Å². The van der Waals surface area contributed by atoms with Crippen LogP contribution < -0.4 is 0 Å². The highest BCUT2D eigenvalue weighted by atomic mass is 32.2. The summed E-state index contributed by atoms with van der Waals surface area (Å²) >= 11 is 0. The number of rotatable bonds is 2. The predicted octanol–water partition coefficient (Wildman–Crippen LogP) is 2.75. The van der Waals surface area contributed by atoms with Gasteiger partial charge in [0.25, 0.3) is 0 Å². The molecule has 0 heterocycles. The molecule has 0 radical (unpaired) electrons. The number of hydrogen-bond donors (Lipinski definition) is 0. The lowest BCUT2D eigenvalue weighted by molar-refractivity contribution is 0.597. The van der Waals surface area contributed by atoms with Gasteiger partial charge in [-0.1, -0.05) is 31.0 Å². The maximum Gasteiger partial charge on any atom is 0.175 e. The average molecular weight is 224 g/mol. The fourth-order valence-electron chi connectivity index (χ4n) is 2.39. The third-order valence-corrected chi connectivity index (χ3v) is 4.28. The zero-order valence-electron chi connectivity index (χ0n) is 8.94. The van der Waals surface area contributed by atoms with Crippen LogP contribution in [0.4, 0.5) is 0 Å². The Labute approximate surface area is 91.2 Å². The van der Waals surface area contributed by atoms with E-state index in [0.717, 1.165) is 18.4 Å². The monoisotopic (exact) mass is 224 g/mol. The molecule has 1 saturated carbocycles. The fourth-order valence-corrected chi connectivity index (χ4v) is 3.38. The summed E-state index contributed by atoms with van der Waals surface area (Å²) in [5.74, 6) is 0.455. The van der Waals surface area contributed by atoms with Gasteiger partial charge in [-0.25, -0.2) is 8.42 Å². The minimum atomic E-state index is -3.07. The third-order valence-electron chi connectivity index (χ3n) is 3.11. The third kappa shape index (κ3) is 2.23. The Morgan fingerprint density at radius 3 is 2.33 bits per heavy atom. The van der Waals surface area contributed by atoms with E-state index in [2.05, 4.69) is 0 Å². The van der Waals surface area contributed by atoms with Crippen molar-refractivity contribution in [1.82, 2.24) is 0 Å². The lowest BCUT2D eigenvalue weighted by atomic mass is 9.98. The van der Waals surface area contributed by atoms with Crippen LogP contribution in [0.1, 0.15) is 37.2 Å². The zero-order chi connectivity index (χ0) is 10.9. The molecule has 0 atom stereocenters. The van der Waals surface area contributed by atoms with Crippen LogP contribution in [-0.2, 0) is 9.84 Å². The summed E-state index contributed by atoms with van der Waals surface area (Å²) in [7, 11) is -3.07. The minimum absolute atomic E-state index is 0.455. The average Bonchev–Trinajstić information content (AvgIpc) is 2.69. The number of benzene rings is 1. The highest BCUT2D eigenvalue weighted by molar-refractivity contribution is 7.90. The van der Waals surface area contributed by atoms with Crippen LogP contribution in [0.2, 0.25) is 0 Å². The van der Waals surface area contributed by atoms with E-state index in [0.29, 0.717) is 10.8 Å². The van der Waals surface area contributed by atoms with E-state index in [1.165, 1.54) is 19.1 Å². The van der Waals surface area contributed by atoms with Crippen molar-refractivity contribution in [3.63, 3.8) is 0 Å². The van der Waals surface area contributed by atoms with Crippen molar-refractivity contribution in [3.8, 4) is 0 Å². The Morgan fingerprint density at radius 2 is 1.73 bits per heavy atom. The Bertz CT molecular complexity index is 442. The van der Waals surface area contributed by atoms with Crippen molar-refractivity contribution in [2.75, 3.05) is 6.26 Å². The summed E-state index contributed by atoms with van der Waals surface area (Å²) in [4.78, 5) is 0.525. The Kier molecular flexibility index (Phi) is 2.83. The molecule has 0 amide bonds. The number of sulfone groups is 1. The van der Waals surface area contributed by atoms with Gasteiger partial charge < -0.3 is 0 Å². The SMILES string of the molecule is CS(=O)(=O)c1ccccc1C1CCCC1. The summed E-state index contributed by atoms with van der Waals surface area (Å²) in [5, 5.41) is 0. The van der Waals surface area contributed by atoms with Gasteiger partial charge in [-0.15, -0.1) is 0 Å². The van der Waals surface area contributed by atoms with Gasteiger partial charge in [-0.2, -0.15) is 0 Å². The Hall–Kier alpha value is -0.830. The Morgan fingerprint density at radius 1 is 1.13 bits per heavy atom. The van der Waals surface area contributed by atoms with Gasteiger partial charge in [0.2, 0.25) is 0 Å².